The van der Waals surface area contributed by atoms with Crippen molar-refractivity contribution in [1.82, 2.24) is 0 Å². The molecule has 0 atom stereocenters. The van der Waals surface area contributed by atoms with Crippen LogP contribution in [0.25, 0.3) is 0 Å². The van der Waals surface area contributed by atoms with Gasteiger partial charge in [-0.25, -0.2) is 0 Å². The molecule has 0 heteroatoms. The zero-order chi connectivity index (χ0) is 8.43. The van der Waals surface area contributed by atoms with Gasteiger partial charge in [0.1, 0.15) is 0 Å². The van der Waals surface area contributed by atoms with E-state index in [4.69, 9.17) is 0 Å². The van der Waals surface area contributed by atoms with Crippen molar-refractivity contribution in [3.63, 3.8) is 0 Å². The first kappa shape index (κ1) is 8.32. The van der Waals surface area contributed by atoms with Crippen LogP contribution in [-0.4, -0.2) is 0 Å². The highest BCUT2D eigenvalue weighted by Gasteiger charge is 2.05. The van der Waals surface area contributed by atoms with Crippen molar-refractivity contribution in [2.24, 2.45) is 5.92 Å². The predicted octanol–water partition coefficient (Wildman–Crippen LogP) is 3.48. The Hall–Kier alpha value is -0.780. The third-order valence-electron chi connectivity index (χ3n) is 2.02. The summed E-state index contributed by atoms with van der Waals surface area (Å²) in [5, 5.41) is 0. The van der Waals surface area contributed by atoms with E-state index in [1.165, 1.54) is 16.7 Å². The third kappa shape index (κ3) is 1.83. The maximum atomic E-state index is 2.28. The highest BCUT2D eigenvalue weighted by Crippen LogP contribution is 2.23. The minimum atomic E-state index is 0.656. The molecule has 0 aromatic rings. The SMILES string of the molecule is CC(C)=C1C=CC(C(C)C)=C1. The van der Waals surface area contributed by atoms with E-state index < -0.39 is 0 Å². The maximum absolute atomic E-state index is 2.28. The zero-order valence-corrected chi connectivity index (χ0v) is 7.81. The van der Waals surface area contributed by atoms with E-state index in [-0.39, 0.29) is 0 Å². The molecule has 0 fully saturated rings. The second-order valence-corrected chi connectivity index (χ2v) is 3.59. The standard InChI is InChI=1S/C11H16/c1-8(2)10-5-6-11(7-10)9(3)4/h5-8H,1-4H3. The highest BCUT2D eigenvalue weighted by molar-refractivity contribution is 5.48. The Labute approximate surface area is 69.3 Å². The molecule has 0 N–H and O–H groups in total. The van der Waals surface area contributed by atoms with Crippen LogP contribution in [0, 0.1) is 5.92 Å². The molecular formula is C11H16. The molecular weight excluding hydrogens is 132 g/mol. The molecule has 0 heterocycles. The molecule has 0 spiro atoms. The average Bonchev–Trinajstić information content (AvgIpc) is 2.33. The summed E-state index contributed by atoms with van der Waals surface area (Å²) in [6, 6.07) is 0. The largest absolute Gasteiger partial charge is 0.0692 e. The van der Waals surface area contributed by atoms with Crippen LogP contribution >= 0.6 is 0 Å². The molecule has 0 amide bonds. The molecule has 0 aliphatic heterocycles. The van der Waals surface area contributed by atoms with Crippen LogP contribution in [0.1, 0.15) is 27.7 Å². The molecule has 60 valence electrons. The minimum Gasteiger partial charge on any atom is -0.0692 e. The highest BCUT2D eigenvalue weighted by atomic mass is 14.1. The molecule has 0 saturated carbocycles. The van der Waals surface area contributed by atoms with Gasteiger partial charge in [-0.2, -0.15) is 0 Å². The topological polar surface area (TPSA) is 0 Å². The predicted molar refractivity (Wildman–Crippen MR) is 50.4 cm³/mol. The van der Waals surface area contributed by atoms with Crippen LogP contribution in [0.3, 0.4) is 0 Å². The van der Waals surface area contributed by atoms with Crippen molar-refractivity contribution < 1.29 is 0 Å². The number of allylic oxidation sites excluding steroid dienone is 6. The Kier molecular flexibility index (Phi) is 2.33. The van der Waals surface area contributed by atoms with E-state index in [0.717, 1.165) is 0 Å². The number of hydrogen-bond acceptors (Lipinski definition) is 0. The van der Waals surface area contributed by atoms with E-state index in [2.05, 4.69) is 45.9 Å². The van der Waals surface area contributed by atoms with E-state index in [1.54, 1.807) is 0 Å². The van der Waals surface area contributed by atoms with Crippen molar-refractivity contribution >= 4 is 0 Å². The van der Waals surface area contributed by atoms with Crippen LogP contribution in [0.5, 0.6) is 0 Å². The Bertz CT molecular complexity index is 233. The van der Waals surface area contributed by atoms with Gasteiger partial charge < -0.3 is 0 Å². The Balaban J connectivity index is 2.88. The molecule has 0 nitrogen and oxygen atoms in total. The minimum absolute atomic E-state index is 0.656. The maximum Gasteiger partial charge on any atom is -0.0219 e. The van der Waals surface area contributed by atoms with Gasteiger partial charge in [-0.3, -0.25) is 0 Å². The lowest BCUT2D eigenvalue weighted by Crippen LogP contribution is -1.86. The molecule has 1 aliphatic carbocycles. The quantitative estimate of drug-likeness (QED) is 0.534. The third-order valence-corrected chi connectivity index (χ3v) is 2.02. The van der Waals surface area contributed by atoms with Crippen molar-refractivity contribution in [3.05, 3.63) is 34.9 Å². The van der Waals surface area contributed by atoms with Crippen molar-refractivity contribution in [2.75, 3.05) is 0 Å². The van der Waals surface area contributed by atoms with Crippen LogP contribution in [0.4, 0.5) is 0 Å². The summed E-state index contributed by atoms with van der Waals surface area (Å²) in [5.41, 5.74) is 4.23. The number of rotatable bonds is 1. The fourth-order valence-electron chi connectivity index (χ4n) is 1.13. The van der Waals surface area contributed by atoms with E-state index >= 15 is 0 Å². The zero-order valence-electron chi connectivity index (χ0n) is 7.81. The monoisotopic (exact) mass is 148 g/mol. The first-order valence-electron chi connectivity index (χ1n) is 4.18. The van der Waals surface area contributed by atoms with Gasteiger partial charge in [0.05, 0.1) is 0 Å². The van der Waals surface area contributed by atoms with Crippen molar-refractivity contribution in [1.29, 1.82) is 0 Å². The average molecular weight is 148 g/mol. The second kappa shape index (κ2) is 3.08. The summed E-state index contributed by atoms with van der Waals surface area (Å²) >= 11 is 0. The molecule has 0 aromatic carbocycles. The van der Waals surface area contributed by atoms with Crippen molar-refractivity contribution in [2.45, 2.75) is 27.7 Å². The molecule has 1 rings (SSSR count). The van der Waals surface area contributed by atoms with Gasteiger partial charge in [0.15, 0.2) is 0 Å². The lowest BCUT2D eigenvalue weighted by molar-refractivity contribution is 0.794. The molecule has 0 saturated heterocycles. The fraction of sp³-hybridized carbons (Fsp3) is 0.455. The van der Waals surface area contributed by atoms with E-state index in [0.29, 0.717) is 5.92 Å². The Morgan fingerprint density at radius 1 is 1.18 bits per heavy atom. The van der Waals surface area contributed by atoms with Gasteiger partial charge in [0, 0.05) is 0 Å². The van der Waals surface area contributed by atoms with Gasteiger partial charge in [0.2, 0.25) is 0 Å². The lowest BCUT2D eigenvalue weighted by Gasteiger charge is -2.00. The van der Waals surface area contributed by atoms with Gasteiger partial charge in [0.25, 0.3) is 0 Å². The van der Waals surface area contributed by atoms with Crippen LogP contribution in [0.2, 0.25) is 0 Å². The molecule has 11 heavy (non-hydrogen) atoms. The Morgan fingerprint density at radius 3 is 2.09 bits per heavy atom. The normalized spacial score (nSPS) is 16.1. The fourth-order valence-corrected chi connectivity index (χ4v) is 1.13. The smallest absolute Gasteiger partial charge is 0.0219 e. The van der Waals surface area contributed by atoms with Crippen LogP contribution in [0.15, 0.2) is 34.9 Å². The van der Waals surface area contributed by atoms with Gasteiger partial charge >= 0.3 is 0 Å². The summed E-state index contributed by atoms with van der Waals surface area (Å²) < 4.78 is 0. The summed E-state index contributed by atoms with van der Waals surface area (Å²) in [6.07, 6.45) is 6.69. The first-order valence-corrected chi connectivity index (χ1v) is 4.18. The lowest BCUT2D eigenvalue weighted by atomic mass is 10.0. The summed E-state index contributed by atoms with van der Waals surface area (Å²) in [7, 11) is 0. The Morgan fingerprint density at radius 2 is 1.82 bits per heavy atom. The molecule has 1 aliphatic rings. The summed E-state index contributed by atoms with van der Waals surface area (Å²) in [4.78, 5) is 0. The summed E-state index contributed by atoms with van der Waals surface area (Å²) in [5.74, 6) is 0.656. The van der Waals surface area contributed by atoms with Gasteiger partial charge in [-0.05, 0) is 30.9 Å². The second-order valence-electron chi connectivity index (χ2n) is 3.59. The molecule has 0 radical (unpaired) electrons. The van der Waals surface area contributed by atoms with Crippen molar-refractivity contribution in [3.8, 4) is 0 Å². The van der Waals surface area contributed by atoms with Crippen LogP contribution in [-0.2, 0) is 0 Å². The van der Waals surface area contributed by atoms with E-state index in [1.807, 2.05) is 0 Å². The first-order chi connectivity index (χ1) is 5.11. The van der Waals surface area contributed by atoms with E-state index in [9.17, 15) is 0 Å². The molecule has 0 bridgehead atoms. The molecule has 0 unspecified atom stereocenters. The summed E-state index contributed by atoms with van der Waals surface area (Å²) in [6.45, 7) is 8.76. The van der Waals surface area contributed by atoms with Gasteiger partial charge in [-0.15, -0.1) is 0 Å². The van der Waals surface area contributed by atoms with Gasteiger partial charge in [-0.1, -0.05) is 37.6 Å². The number of hydrogen-bond donors (Lipinski definition) is 0. The molecule has 0 aromatic heterocycles. The van der Waals surface area contributed by atoms with Crippen LogP contribution < -0.4 is 0 Å².